The van der Waals surface area contributed by atoms with E-state index in [-0.39, 0.29) is 0 Å². The summed E-state index contributed by atoms with van der Waals surface area (Å²) in [6, 6.07) is 4.99. The standard InChI is InChI=1S/C12H21NS2/c1-5-11-6-7-12(15-11)10(3)13-8-9(2)14-4/h6-7,9-10,13H,5,8H2,1-4H3. The van der Waals surface area contributed by atoms with Gasteiger partial charge in [-0.1, -0.05) is 13.8 Å². The average molecular weight is 243 g/mol. The van der Waals surface area contributed by atoms with Crippen molar-refractivity contribution >= 4 is 23.1 Å². The van der Waals surface area contributed by atoms with Crippen LogP contribution in [0, 0.1) is 0 Å². The lowest BCUT2D eigenvalue weighted by Gasteiger charge is -2.15. The lowest BCUT2D eigenvalue weighted by Crippen LogP contribution is -2.25. The molecule has 2 unspecified atom stereocenters. The predicted molar refractivity (Wildman–Crippen MR) is 73.1 cm³/mol. The lowest BCUT2D eigenvalue weighted by atomic mass is 10.2. The van der Waals surface area contributed by atoms with E-state index >= 15 is 0 Å². The summed E-state index contributed by atoms with van der Waals surface area (Å²) in [5.74, 6) is 0. The highest BCUT2D eigenvalue weighted by molar-refractivity contribution is 7.99. The van der Waals surface area contributed by atoms with Gasteiger partial charge in [0.2, 0.25) is 0 Å². The van der Waals surface area contributed by atoms with E-state index < -0.39 is 0 Å². The predicted octanol–water partition coefficient (Wildman–Crippen LogP) is 3.71. The van der Waals surface area contributed by atoms with Gasteiger partial charge in [-0.25, -0.2) is 0 Å². The topological polar surface area (TPSA) is 12.0 Å². The van der Waals surface area contributed by atoms with Gasteiger partial charge in [-0.05, 0) is 31.7 Å². The maximum absolute atomic E-state index is 3.58. The fraction of sp³-hybridized carbons (Fsp3) is 0.667. The molecule has 0 saturated heterocycles. The van der Waals surface area contributed by atoms with Gasteiger partial charge in [0.05, 0.1) is 0 Å². The zero-order valence-electron chi connectivity index (χ0n) is 10.0. The molecule has 0 aliphatic carbocycles. The Morgan fingerprint density at radius 2 is 2.13 bits per heavy atom. The summed E-state index contributed by atoms with van der Waals surface area (Å²) in [6.07, 6.45) is 3.32. The van der Waals surface area contributed by atoms with E-state index in [1.54, 1.807) is 0 Å². The molecule has 0 aliphatic heterocycles. The van der Waals surface area contributed by atoms with E-state index in [0.717, 1.165) is 13.0 Å². The second-order valence-electron chi connectivity index (χ2n) is 3.83. The van der Waals surface area contributed by atoms with Crippen LogP contribution in [0.15, 0.2) is 12.1 Å². The highest BCUT2D eigenvalue weighted by Gasteiger charge is 2.08. The van der Waals surface area contributed by atoms with Crippen LogP contribution in [0.4, 0.5) is 0 Å². The molecule has 1 nitrogen and oxygen atoms in total. The van der Waals surface area contributed by atoms with E-state index in [1.165, 1.54) is 9.75 Å². The Labute approximate surface area is 102 Å². The van der Waals surface area contributed by atoms with Gasteiger partial charge in [-0.3, -0.25) is 0 Å². The van der Waals surface area contributed by atoms with Crippen molar-refractivity contribution in [3.63, 3.8) is 0 Å². The SMILES string of the molecule is CCc1ccc(C(C)NCC(C)SC)s1. The molecule has 0 radical (unpaired) electrons. The van der Waals surface area contributed by atoms with Crippen molar-refractivity contribution in [3.05, 3.63) is 21.9 Å². The molecule has 1 aromatic heterocycles. The Morgan fingerprint density at radius 1 is 1.40 bits per heavy atom. The molecule has 15 heavy (non-hydrogen) atoms. The van der Waals surface area contributed by atoms with Gasteiger partial charge in [-0.15, -0.1) is 11.3 Å². The third-order valence-electron chi connectivity index (χ3n) is 2.57. The summed E-state index contributed by atoms with van der Waals surface area (Å²) in [6.45, 7) is 7.81. The van der Waals surface area contributed by atoms with Crippen molar-refractivity contribution in [1.82, 2.24) is 5.32 Å². The van der Waals surface area contributed by atoms with E-state index in [1.807, 2.05) is 23.1 Å². The first-order valence-corrected chi connectivity index (χ1v) is 7.62. The summed E-state index contributed by atoms with van der Waals surface area (Å²) < 4.78 is 0. The minimum atomic E-state index is 0.491. The first-order chi connectivity index (χ1) is 7.17. The summed E-state index contributed by atoms with van der Waals surface area (Å²) in [5.41, 5.74) is 0. The minimum Gasteiger partial charge on any atom is -0.308 e. The van der Waals surface area contributed by atoms with Crippen LogP contribution in [0.5, 0.6) is 0 Å². The van der Waals surface area contributed by atoms with E-state index in [4.69, 9.17) is 0 Å². The number of rotatable bonds is 6. The first-order valence-electron chi connectivity index (χ1n) is 5.52. The van der Waals surface area contributed by atoms with Gasteiger partial charge in [-0.2, -0.15) is 11.8 Å². The number of hydrogen-bond donors (Lipinski definition) is 1. The van der Waals surface area contributed by atoms with Crippen LogP contribution >= 0.6 is 23.1 Å². The van der Waals surface area contributed by atoms with Crippen LogP contribution < -0.4 is 5.32 Å². The molecule has 0 spiro atoms. The largest absolute Gasteiger partial charge is 0.308 e. The molecule has 0 amide bonds. The monoisotopic (exact) mass is 243 g/mol. The van der Waals surface area contributed by atoms with Crippen LogP contribution in [0.2, 0.25) is 0 Å². The molecule has 1 heterocycles. The van der Waals surface area contributed by atoms with Gasteiger partial charge in [0, 0.05) is 27.6 Å². The van der Waals surface area contributed by atoms with Crippen LogP contribution in [-0.4, -0.2) is 18.1 Å². The highest BCUT2D eigenvalue weighted by atomic mass is 32.2. The zero-order chi connectivity index (χ0) is 11.3. The number of aryl methyl sites for hydroxylation is 1. The molecule has 3 heteroatoms. The van der Waals surface area contributed by atoms with Gasteiger partial charge >= 0.3 is 0 Å². The second-order valence-corrected chi connectivity index (χ2v) is 6.31. The average Bonchev–Trinajstić information content (AvgIpc) is 2.73. The van der Waals surface area contributed by atoms with Crippen LogP contribution in [0.25, 0.3) is 0 Å². The quantitative estimate of drug-likeness (QED) is 0.817. The maximum Gasteiger partial charge on any atom is 0.0386 e. The summed E-state index contributed by atoms with van der Waals surface area (Å²) in [5, 5.41) is 4.27. The summed E-state index contributed by atoms with van der Waals surface area (Å²) >= 11 is 3.84. The van der Waals surface area contributed by atoms with Crippen molar-refractivity contribution in [2.75, 3.05) is 12.8 Å². The van der Waals surface area contributed by atoms with Crippen molar-refractivity contribution in [3.8, 4) is 0 Å². The molecule has 86 valence electrons. The first kappa shape index (κ1) is 13.1. The Kier molecular flexibility index (Phi) is 5.72. The number of nitrogens with one attached hydrogen (secondary N) is 1. The van der Waals surface area contributed by atoms with Crippen molar-refractivity contribution < 1.29 is 0 Å². The number of thioether (sulfide) groups is 1. The third-order valence-corrected chi connectivity index (χ3v) is 4.96. The molecule has 1 N–H and O–H groups in total. The molecule has 0 bridgehead atoms. The fourth-order valence-corrected chi connectivity index (χ4v) is 2.59. The molecule has 2 atom stereocenters. The smallest absolute Gasteiger partial charge is 0.0386 e. The van der Waals surface area contributed by atoms with Crippen LogP contribution in [-0.2, 0) is 6.42 Å². The molecular formula is C12H21NS2. The third kappa shape index (κ3) is 4.17. The fourth-order valence-electron chi connectivity index (χ4n) is 1.34. The Morgan fingerprint density at radius 3 is 2.67 bits per heavy atom. The molecule has 1 aromatic rings. The molecular weight excluding hydrogens is 222 g/mol. The normalized spacial score (nSPS) is 15.2. The Bertz CT molecular complexity index is 283. The zero-order valence-corrected chi connectivity index (χ0v) is 11.7. The van der Waals surface area contributed by atoms with Crippen molar-refractivity contribution in [1.29, 1.82) is 0 Å². The van der Waals surface area contributed by atoms with Gasteiger partial charge in [0.15, 0.2) is 0 Å². The molecule has 1 rings (SSSR count). The maximum atomic E-state index is 3.58. The second kappa shape index (κ2) is 6.56. The van der Waals surface area contributed by atoms with Crippen LogP contribution in [0.1, 0.15) is 36.6 Å². The highest BCUT2D eigenvalue weighted by Crippen LogP contribution is 2.23. The molecule has 0 fully saturated rings. The lowest BCUT2D eigenvalue weighted by molar-refractivity contribution is 0.584. The van der Waals surface area contributed by atoms with E-state index in [0.29, 0.717) is 11.3 Å². The summed E-state index contributed by atoms with van der Waals surface area (Å²) in [4.78, 5) is 2.94. The van der Waals surface area contributed by atoms with Crippen LogP contribution in [0.3, 0.4) is 0 Å². The van der Waals surface area contributed by atoms with E-state index in [2.05, 4.69) is 44.5 Å². The Hall–Kier alpha value is 0.01000. The Balaban J connectivity index is 2.42. The van der Waals surface area contributed by atoms with Gasteiger partial charge in [0.25, 0.3) is 0 Å². The van der Waals surface area contributed by atoms with Gasteiger partial charge < -0.3 is 5.32 Å². The molecule has 0 aromatic carbocycles. The molecule has 0 aliphatic rings. The minimum absolute atomic E-state index is 0.491. The number of hydrogen-bond acceptors (Lipinski definition) is 3. The van der Waals surface area contributed by atoms with Crippen molar-refractivity contribution in [2.45, 2.75) is 38.5 Å². The number of thiophene rings is 1. The molecule has 0 saturated carbocycles. The van der Waals surface area contributed by atoms with E-state index in [9.17, 15) is 0 Å². The van der Waals surface area contributed by atoms with Gasteiger partial charge in [0.1, 0.15) is 0 Å². The van der Waals surface area contributed by atoms with Crippen molar-refractivity contribution in [2.24, 2.45) is 0 Å². The summed E-state index contributed by atoms with van der Waals surface area (Å²) in [7, 11) is 0.